The quantitative estimate of drug-likeness (QED) is 0.911. The molecule has 0 aliphatic carbocycles. The summed E-state index contributed by atoms with van der Waals surface area (Å²) in [7, 11) is 0. The zero-order chi connectivity index (χ0) is 16.0. The Morgan fingerprint density at radius 1 is 1.30 bits per heavy atom. The van der Waals surface area contributed by atoms with Crippen LogP contribution in [0.4, 0.5) is 0 Å². The number of para-hydroxylation sites is 1. The summed E-state index contributed by atoms with van der Waals surface area (Å²) >= 11 is 1.23. The first kappa shape index (κ1) is 14.5. The molecule has 0 bridgehead atoms. The molecule has 23 heavy (non-hydrogen) atoms. The molecule has 0 saturated carbocycles. The number of hydrogen-bond donors (Lipinski definition) is 1. The minimum atomic E-state index is -0.477. The van der Waals surface area contributed by atoms with E-state index >= 15 is 0 Å². The molecule has 0 spiro atoms. The van der Waals surface area contributed by atoms with Crippen molar-refractivity contribution in [1.82, 2.24) is 9.88 Å². The van der Waals surface area contributed by atoms with E-state index in [0.717, 1.165) is 35.1 Å². The maximum absolute atomic E-state index is 12.7. The first-order chi connectivity index (χ1) is 11.1. The largest absolute Gasteiger partial charge is 0.341 e. The Balaban J connectivity index is 1.79. The Bertz CT molecular complexity index is 887. The molecule has 1 amide bonds. The van der Waals surface area contributed by atoms with Gasteiger partial charge in [0.15, 0.2) is 0 Å². The molecule has 1 atom stereocenters. The predicted molar refractivity (Wildman–Crippen MR) is 89.9 cm³/mol. The molecule has 1 fully saturated rings. The third kappa shape index (κ3) is 2.37. The average Bonchev–Trinajstić information content (AvgIpc) is 2.95. The van der Waals surface area contributed by atoms with Crippen LogP contribution >= 0.6 is 11.8 Å². The van der Waals surface area contributed by atoms with Gasteiger partial charge in [-0.1, -0.05) is 30.0 Å². The minimum Gasteiger partial charge on any atom is -0.341 e. The van der Waals surface area contributed by atoms with Crippen LogP contribution in [-0.4, -0.2) is 27.4 Å². The predicted octanol–water partition coefficient (Wildman–Crippen LogP) is 1.71. The van der Waals surface area contributed by atoms with Crippen molar-refractivity contribution >= 4 is 33.7 Å². The molecule has 118 valence electrons. The van der Waals surface area contributed by atoms with E-state index in [1.807, 2.05) is 18.2 Å². The van der Waals surface area contributed by atoms with Crippen molar-refractivity contribution in [2.45, 2.75) is 31.8 Å². The number of hydrogen-bond acceptors (Lipinski definition) is 4. The zero-order valence-corrected chi connectivity index (χ0v) is 13.3. The van der Waals surface area contributed by atoms with Gasteiger partial charge in [0.05, 0.1) is 11.6 Å². The fourth-order valence-electron chi connectivity index (χ4n) is 3.39. The fourth-order valence-corrected chi connectivity index (χ4v) is 4.32. The van der Waals surface area contributed by atoms with Gasteiger partial charge in [0.2, 0.25) is 5.12 Å². The maximum Gasteiger partial charge on any atom is 0.263 e. The molecule has 4 rings (SSSR count). The zero-order valence-electron chi connectivity index (χ0n) is 12.5. The van der Waals surface area contributed by atoms with Crippen molar-refractivity contribution in [3.05, 3.63) is 45.7 Å². The molecule has 1 unspecified atom stereocenters. The van der Waals surface area contributed by atoms with Crippen LogP contribution in [0.2, 0.25) is 0 Å². The number of benzene rings is 1. The Morgan fingerprint density at radius 2 is 2.17 bits per heavy atom. The summed E-state index contributed by atoms with van der Waals surface area (Å²) in [5.74, 6) is 0.271. The normalized spacial score (nSPS) is 20.0. The average molecular weight is 328 g/mol. The molecule has 1 saturated heterocycles. The highest BCUT2D eigenvalue weighted by Crippen LogP contribution is 2.24. The lowest BCUT2D eigenvalue weighted by molar-refractivity contribution is -0.112. The van der Waals surface area contributed by atoms with Crippen molar-refractivity contribution in [1.29, 1.82) is 0 Å². The Kier molecular flexibility index (Phi) is 3.49. The number of aryl methyl sites for hydroxylation is 2. The fraction of sp³-hybridized carbons (Fsp3) is 0.353. The summed E-state index contributed by atoms with van der Waals surface area (Å²) in [6.45, 7) is 0.631. The third-order valence-corrected chi connectivity index (χ3v) is 5.52. The minimum absolute atomic E-state index is 0.0251. The molecular weight excluding hydrogens is 312 g/mol. The van der Waals surface area contributed by atoms with Crippen molar-refractivity contribution in [3.8, 4) is 0 Å². The van der Waals surface area contributed by atoms with E-state index in [1.54, 1.807) is 10.6 Å². The summed E-state index contributed by atoms with van der Waals surface area (Å²) in [6, 6.07) is 7.09. The van der Waals surface area contributed by atoms with Gasteiger partial charge in [-0.25, -0.2) is 0 Å². The summed E-state index contributed by atoms with van der Waals surface area (Å²) in [5.41, 5.74) is 1.95. The lowest BCUT2D eigenvalue weighted by atomic mass is 10.00. The van der Waals surface area contributed by atoms with E-state index < -0.39 is 11.9 Å². The van der Waals surface area contributed by atoms with Gasteiger partial charge in [-0.3, -0.25) is 14.4 Å². The van der Waals surface area contributed by atoms with Crippen molar-refractivity contribution < 1.29 is 9.59 Å². The highest BCUT2D eigenvalue weighted by Gasteiger charge is 2.28. The van der Waals surface area contributed by atoms with Gasteiger partial charge < -0.3 is 9.88 Å². The standard InChI is InChI=1S/C17H16N2O3S/c20-15(18-13-6-8-23-17(13)22)12-9-11-4-1-3-10-5-2-7-19(14(10)11)16(12)21/h1,3-4,9,13H,2,5-8H2,(H,18,20). The maximum atomic E-state index is 12.7. The Labute approximate surface area is 137 Å². The molecule has 1 aromatic heterocycles. The molecule has 1 N–H and O–H groups in total. The SMILES string of the molecule is O=C(NC1CCSC1=O)c1cc2cccc3c2n(c1=O)CCC3. The molecule has 0 radical (unpaired) electrons. The van der Waals surface area contributed by atoms with Gasteiger partial charge in [0, 0.05) is 12.3 Å². The van der Waals surface area contributed by atoms with Crippen LogP contribution in [0.1, 0.15) is 28.8 Å². The van der Waals surface area contributed by atoms with Crippen LogP contribution in [0.3, 0.4) is 0 Å². The van der Waals surface area contributed by atoms with Gasteiger partial charge in [-0.05, 0) is 36.3 Å². The summed E-state index contributed by atoms with van der Waals surface area (Å²) in [5, 5.41) is 3.59. The van der Waals surface area contributed by atoms with Crippen LogP contribution in [0.25, 0.3) is 10.9 Å². The number of pyridine rings is 1. The first-order valence-electron chi connectivity index (χ1n) is 7.78. The van der Waals surface area contributed by atoms with E-state index in [4.69, 9.17) is 0 Å². The number of nitrogens with one attached hydrogen (secondary N) is 1. The molecule has 2 aliphatic heterocycles. The summed E-state index contributed by atoms with van der Waals surface area (Å²) < 4.78 is 1.70. The van der Waals surface area contributed by atoms with Gasteiger partial charge in [-0.2, -0.15) is 0 Å². The number of rotatable bonds is 2. The molecule has 3 heterocycles. The topological polar surface area (TPSA) is 68.2 Å². The van der Waals surface area contributed by atoms with E-state index in [2.05, 4.69) is 5.32 Å². The smallest absolute Gasteiger partial charge is 0.263 e. The molecule has 6 heteroatoms. The van der Waals surface area contributed by atoms with Crippen molar-refractivity contribution in [3.63, 3.8) is 0 Å². The number of carbonyl (C=O) groups excluding carboxylic acids is 2. The van der Waals surface area contributed by atoms with E-state index in [1.165, 1.54) is 11.8 Å². The van der Waals surface area contributed by atoms with E-state index in [9.17, 15) is 14.4 Å². The van der Waals surface area contributed by atoms with Crippen LogP contribution in [0.5, 0.6) is 0 Å². The number of amides is 1. The van der Waals surface area contributed by atoms with Gasteiger partial charge in [0.25, 0.3) is 11.5 Å². The second kappa shape index (κ2) is 5.53. The van der Waals surface area contributed by atoms with Gasteiger partial charge >= 0.3 is 0 Å². The third-order valence-electron chi connectivity index (χ3n) is 4.51. The monoisotopic (exact) mass is 328 g/mol. The number of thioether (sulfide) groups is 1. The molecule has 2 aliphatic rings. The van der Waals surface area contributed by atoms with Crippen molar-refractivity contribution in [2.75, 3.05) is 5.75 Å². The molecule has 2 aromatic rings. The van der Waals surface area contributed by atoms with E-state index in [0.29, 0.717) is 13.0 Å². The number of aromatic nitrogens is 1. The molecular formula is C17H16N2O3S. The second-order valence-corrected chi connectivity index (χ2v) is 7.05. The van der Waals surface area contributed by atoms with Crippen LogP contribution in [0, 0.1) is 0 Å². The number of carbonyl (C=O) groups is 2. The van der Waals surface area contributed by atoms with Gasteiger partial charge in [0.1, 0.15) is 5.56 Å². The molecule has 5 nitrogen and oxygen atoms in total. The molecule has 1 aromatic carbocycles. The lowest BCUT2D eigenvalue weighted by Gasteiger charge is -2.20. The second-order valence-electron chi connectivity index (χ2n) is 5.96. The first-order valence-corrected chi connectivity index (χ1v) is 8.76. The lowest BCUT2D eigenvalue weighted by Crippen LogP contribution is -2.41. The van der Waals surface area contributed by atoms with Crippen molar-refractivity contribution in [2.24, 2.45) is 0 Å². The highest BCUT2D eigenvalue weighted by atomic mass is 32.2. The highest BCUT2D eigenvalue weighted by molar-refractivity contribution is 8.14. The Hall–Kier alpha value is -2.08. The van der Waals surface area contributed by atoms with Crippen LogP contribution in [0.15, 0.2) is 29.1 Å². The Morgan fingerprint density at radius 3 is 2.96 bits per heavy atom. The summed E-state index contributed by atoms with van der Waals surface area (Å²) in [4.78, 5) is 36.9. The van der Waals surface area contributed by atoms with Crippen LogP contribution < -0.4 is 10.9 Å². The van der Waals surface area contributed by atoms with Crippen LogP contribution in [-0.2, 0) is 17.8 Å². The summed E-state index contributed by atoms with van der Waals surface area (Å²) in [6.07, 6.45) is 2.48. The van der Waals surface area contributed by atoms with E-state index in [-0.39, 0.29) is 16.2 Å². The number of nitrogens with zero attached hydrogens (tertiary/aromatic N) is 1. The van der Waals surface area contributed by atoms with Gasteiger partial charge in [-0.15, -0.1) is 0 Å².